The lowest BCUT2D eigenvalue weighted by atomic mass is 9.99. The molecule has 2 aromatic carbocycles. The molecular formula is C17H18N2O3S. The molecule has 0 spiro atoms. The lowest BCUT2D eigenvalue weighted by molar-refractivity contribution is 0.374. The fourth-order valence-electron chi connectivity index (χ4n) is 2.67. The highest BCUT2D eigenvalue weighted by molar-refractivity contribution is 7.88. The summed E-state index contributed by atoms with van der Waals surface area (Å²) < 4.78 is 30.6. The Morgan fingerprint density at radius 1 is 1.09 bits per heavy atom. The monoisotopic (exact) mass is 330 g/mol. The molecule has 2 aromatic rings. The van der Waals surface area contributed by atoms with Crippen LogP contribution in [0, 0.1) is 0 Å². The van der Waals surface area contributed by atoms with Crippen molar-refractivity contribution in [3.8, 4) is 5.75 Å². The topological polar surface area (TPSA) is 59.0 Å². The quantitative estimate of drug-likeness (QED) is 0.866. The van der Waals surface area contributed by atoms with Crippen molar-refractivity contribution in [2.45, 2.75) is 12.5 Å². The molecule has 0 fully saturated rings. The Kier molecular flexibility index (Phi) is 4.09. The van der Waals surface area contributed by atoms with Gasteiger partial charge in [0.2, 0.25) is 10.0 Å². The van der Waals surface area contributed by atoms with Gasteiger partial charge in [0.05, 0.1) is 25.1 Å². The summed E-state index contributed by atoms with van der Waals surface area (Å²) >= 11 is 0. The van der Waals surface area contributed by atoms with Crippen LogP contribution in [0.2, 0.25) is 0 Å². The minimum Gasteiger partial charge on any atom is -0.497 e. The Morgan fingerprint density at radius 2 is 1.74 bits per heavy atom. The minimum absolute atomic E-state index is 0.328. The zero-order chi connectivity index (χ0) is 16.4. The van der Waals surface area contributed by atoms with Crippen molar-refractivity contribution in [2.24, 2.45) is 5.10 Å². The van der Waals surface area contributed by atoms with Gasteiger partial charge in [0.1, 0.15) is 5.75 Å². The van der Waals surface area contributed by atoms with E-state index in [-0.39, 0.29) is 6.04 Å². The summed E-state index contributed by atoms with van der Waals surface area (Å²) in [5.74, 6) is 0.738. The molecule has 0 radical (unpaired) electrons. The SMILES string of the molecule is COc1ccc([C@@H]2CC(c3ccccc3)=NN2S(C)(=O)=O)cc1. The summed E-state index contributed by atoms with van der Waals surface area (Å²) in [5, 5.41) is 4.36. The van der Waals surface area contributed by atoms with Crippen LogP contribution in [0.1, 0.15) is 23.6 Å². The van der Waals surface area contributed by atoms with E-state index in [1.54, 1.807) is 7.11 Å². The molecule has 3 rings (SSSR count). The zero-order valence-corrected chi connectivity index (χ0v) is 13.8. The van der Waals surface area contributed by atoms with Crippen LogP contribution in [-0.4, -0.2) is 31.9 Å². The fourth-order valence-corrected chi connectivity index (χ4v) is 3.58. The highest BCUT2D eigenvalue weighted by Crippen LogP contribution is 2.35. The summed E-state index contributed by atoms with van der Waals surface area (Å²) in [6, 6.07) is 16.7. The molecule has 120 valence electrons. The van der Waals surface area contributed by atoms with Crippen molar-refractivity contribution in [2.75, 3.05) is 13.4 Å². The summed E-state index contributed by atoms with van der Waals surface area (Å²) in [7, 11) is -1.84. The number of hydrogen-bond donors (Lipinski definition) is 0. The van der Waals surface area contributed by atoms with Crippen LogP contribution in [0.5, 0.6) is 5.75 Å². The van der Waals surface area contributed by atoms with Crippen LogP contribution in [0.3, 0.4) is 0 Å². The summed E-state index contributed by atoms with van der Waals surface area (Å²) in [6.07, 6.45) is 1.73. The van der Waals surface area contributed by atoms with Crippen molar-refractivity contribution in [3.63, 3.8) is 0 Å². The molecule has 1 atom stereocenters. The van der Waals surface area contributed by atoms with Gasteiger partial charge in [-0.25, -0.2) is 8.42 Å². The molecule has 0 saturated carbocycles. The molecule has 23 heavy (non-hydrogen) atoms. The first kappa shape index (κ1) is 15.6. The maximum absolute atomic E-state index is 12.1. The second kappa shape index (κ2) is 6.04. The number of rotatable bonds is 4. The highest BCUT2D eigenvalue weighted by atomic mass is 32.2. The van der Waals surface area contributed by atoms with Crippen molar-refractivity contribution in [1.82, 2.24) is 4.41 Å². The van der Waals surface area contributed by atoms with Gasteiger partial charge in [0.25, 0.3) is 0 Å². The number of benzene rings is 2. The molecule has 0 unspecified atom stereocenters. The van der Waals surface area contributed by atoms with Crippen molar-refractivity contribution in [3.05, 3.63) is 65.7 Å². The molecule has 0 amide bonds. The molecule has 0 aromatic heterocycles. The number of hydrazone groups is 1. The van der Waals surface area contributed by atoms with Crippen LogP contribution in [0.4, 0.5) is 0 Å². The normalized spacial score (nSPS) is 17.9. The lowest BCUT2D eigenvalue weighted by Crippen LogP contribution is -2.25. The van der Waals surface area contributed by atoms with E-state index in [4.69, 9.17) is 4.74 Å². The Morgan fingerprint density at radius 3 is 2.30 bits per heavy atom. The van der Waals surface area contributed by atoms with Crippen LogP contribution in [0.25, 0.3) is 0 Å². The highest BCUT2D eigenvalue weighted by Gasteiger charge is 2.34. The van der Waals surface area contributed by atoms with E-state index in [1.165, 1.54) is 10.7 Å². The maximum Gasteiger partial charge on any atom is 0.247 e. The van der Waals surface area contributed by atoms with Gasteiger partial charge in [-0.05, 0) is 23.3 Å². The van der Waals surface area contributed by atoms with Gasteiger partial charge in [-0.3, -0.25) is 0 Å². The Bertz CT molecular complexity index is 815. The predicted molar refractivity (Wildman–Crippen MR) is 90.0 cm³/mol. The third-order valence-corrected chi connectivity index (χ3v) is 4.84. The number of ether oxygens (including phenoxy) is 1. The Balaban J connectivity index is 1.97. The molecular weight excluding hydrogens is 312 g/mol. The van der Waals surface area contributed by atoms with Crippen LogP contribution >= 0.6 is 0 Å². The molecule has 0 saturated heterocycles. The van der Waals surface area contributed by atoms with Gasteiger partial charge >= 0.3 is 0 Å². The van der Waals surface area contributed by atoms with Gasteiger partial charge < -0.3 is 4.74 Å². The molecule has 0 N–H and O–H groups in total. The Labute approximate surface area is 136 Å². The second-order valence-electron chi connectivity index (χ2n) is 5.44. The third-order valence-electron chi connectivity index (χ3n) is 3.82. The van der Waals surface area contributed by atoms with Gasteiger partial charge in [0, 0.05) is 6.42 Å². The largest absolute Gasteiger partial charge is 0.497 e. The lowest BCUT2D eigenvalue weighted by Gasteiger charge is -2.21. The van der Waals surface area contributed by atoms with Crippen LogP contribution in [0.15, 0.2) is 59.7 Å². The van der Waals surface area contributed by atoms with Crippen molar-refractivity contribution < 1.29 is 13.2 Å². The smallest absolute Gasteiger partial charge is 0.247 e. The average molecular weight is 330 g/mol. The molecule has 0 aliphatic carbocycles. The summed E-state index contributed by atoms with van der Waals surface area (Å²) in [6.45, 7) is 0. The van der Waals surface area contributed by atoms with E-state index in [0.29, 0.717) is 6.42 Å². The fraction of sp³-hybridized carbons (Fsp3) is 0.235. The number of sulfonamides is 1. The molecule has 0 bridgehead atoms. The first-order valence-electron chi connectivity index (χ1n) is 7.25. The molecule has 5 nitrogen and oxygen atoms in total. The van der Waals surface area contributed by atoms with Crippen LogP contribution in [-0.2, 0) is 10.0 Å². The van der Waals surface area contributed by atoms with E-state index < -0.39 is 10.0 Å². The number of methoxy groups -OCH3 is 1. The molecule has 1 heterocycles. The van der Waals surface area contributed by atoms with E-state index in [9.17, 15) is 8.42 Å². The number of nitrogens with zero attached hydrogens (tertiary/aromatic N) is 2. The van der Waals surface area contributed by atoms with Crippen molar-refractivity contribution >= 4 is 15.7 Å². The van der Waals surface area contributed by atoms with Gasteiger partial charge in [0.15, 0.2) is 0 Å². The van der Waals surface area contributed by atoms with Gasteiger partial charge in [-0.15, -0.1) is 0 Å². The predicted octanol–water partition coefficient (Wildman–Crippen LogP) is 2.81. The summed E-state index contributed by atoms with van der Waals surface area (Å²) in [4.78, 5) is 0. The molecule has 1 aliphatic rings. The van der Waals surface area contributed by atoms with Gasteiger partial charge in [-0.1, -0.05) is 42.5 Å². The molecule has 1 aliphatic heterocycles. The third kappa shape index (κ3) is 3.22. The maximum atomic E-state index is 12.1. The van der Waals surface area contributed by atoms with E-state index >= 15 is 0 Å². The number of hydrogen-bond acceptors (Lipinski definition) is 4. The average Bonchev–Trinajstić information content (AvgIpc) is 3.01. The van der Waals surface area contributed by atoms with Crippen LogP contribution < -0.4 is 4.74 Å². The first-order chi connectivity index (χ1) is 11.0. The summed E-state index contributed by atoms with van der Waals surface area (Å²) in [5.41, 5.74) is 2.61. The van der Waals surface area contributed by atoms with E-state index in [2.05, 4.69) is 5.10 Å². The first-order valence-corrected chi connectivity index (χ1v) is 9.10. The van der Waals surface area contributed by atoms with Gasteiger partial charge in [-0.2, -0.15) is 9.52 Å². The standard InChI is InChI=1S/C17H18N2O3S/c1-22-15-10-8-14(9-11-15)17-12-16(13-6-4-3-5-7-13)18-19(17)23(2,20)21/h3-11,17H,12H2,1-2H3/t17-/m0/s1. The van der Waals surface area contributed by atoms with E-state index in [1.807, 2.05) is 54.6 Å². The zero-order valence-electron chi connectivity index (χ0n) is 13.0. The Hall–Kier alpha value is -2.34. The second-order valence-corrected chi connectivity index (χ2v) is 7.28. The van der Waals surface area contributed by atoms with Crippen molar-refractivity contribution in [1.29, 1.82) is 0 Å². The van der Waals surface area contributed by atoms with E-state index in [0.717, 1.165) is 22.6 Å². The molecule has 6 heteroatoms. The minimum atomic E-state index is -3.44.